The van der Waals surface area contributed by atoms with Gasteiger partial charge in [-0.05, 0) is 47.4 Å². The highest BCUT2D eigenvalue weighted by atomic mass is 32.2. The summed E-state index contributed by atoms with van der Waals surface area (Å²) >= 11 is -2.10. The maximum absolute atomic E-state index is 14.3. The molecule has 3 aromatic rings. The molecule has 0 aliphatic heterocycles. The van der Waals surface area contributed by atoms with Crippen LogP contribution in [0.3, 0.4) is 0 Å². The molecule has 0 fully saturated rings. The van der Waals surface area contributed by atoms with Gasteiger partial charge in [-0.3, -0.25) is 4.98 Å². The van der Waals surface area contributed by atoms with Crippen molar-refractivity contribution >= 4 is 11.1 Å². The lowest BCUT2D eigenvalue weighted by molar-refractivity contribution is 0.559. The fraction of sp³-hybridized carbons (Fsp3) is 0.100. The minimum absolute atomic E-state index is 0.183. The lowest BCUT2D eigenvalue weighted by Gasteiger charge is -2.12. The van der Waals surface area contributed by atoms with Gasteiger partial charge in [0.05, 0.1) is 17.4 Å². The van der Waals surface area contributed by atoms with E-state index in [0.717, 1.165) is 22.3 Å². The molecule has 1 atom stereocenters. The summed E-state index contributed by atoms with van der Waals surface area (Å²) in [5, 5.41) is 9.26. The molecule has 0 amide bonds. The first-order valence-electron chi connectivity index (χ1n) is 7.81. The molecule has 1 N–H and O–H groups in total. The summed E-state index contributed by atoms with van der Waals surface area (Å²) in [7, 11) is 0. The second-order valence-corrected chi connectivity index (χ2v) is 6.77. The van der Waals surface area contributed by atoms with E-state index in [0.29, 0.717) is 11.1 Å². The summed E-state index contributed by atoms with van der Waals surface area (Å²) in [5.74, 6) is -0.795. The van der Waals surface area contributed by atoms with E-state index in [4.69, 9.17) is 4.55 Å². The van der Waals surface area contributed by atoms with Gasteiger partial charge in [0.2, 0.25) is 0 Å². The van der Waals surface area contributed by atoms with E-state index in [2.05, 4.69) is 11.1 Å². The molecule has 0 saturated carbocycles. The molecular weight excluding hydrogens is 351 g/mol. The van der Waals surface area contributed by atoms with E-state index in [1.807, 2.05) is 25.1 Å². The Kier molecular flexibility index (Phi) is 5.21. The van der Waals surface area contributed by atoms with Crippen LogP contribution in [0.15, 0.2) is 54.9 Å². The van der Waals surface area contributed by atoms with Crippen LogP contribution in [0.1, 0.15) is 16.7 Å². The molecule has 4 nitrogen and oxygen atoms in total. The predicted molar refractivity (Wildman–Crippen MR) is 99.0 cm³/mol. The summed E-state index contributed by atoms with van der Waals surface area (Å²) in [6.07, 6.45) is 3.28. The van der Waals surface area contributed by atoms with Gasteiger partial charge in [0.15, 0.2) is 11.1 Å². The number of pyridine rings is 1. The third kappa shape index (κ3) is 3.69. The van der Waals surface area contributed by atoms with Gasteiger partial charge < -0.3 is 4.55 Å². The summed E-state index contributed by atoms with van der Waals surface area (Å²) in [4.78, 5) is 4.13. The van der Waals surface area contributed by atoms with Crippen molar-refractivity contribution in [2.24, 2.45) is 0 Å². The summed E-state index contributed by atoms with van der Waals surface area (Å²) < 4.78 is 34.2. The van der Waals surface area contributed by atoms with Crippen LogP contribution in [0.25, 0.3) is 22.3 Å². The lowest BCUT2D eigenvalue weighted by atomic mass is 9.94. The molecule has 0 spiro atoms. The number of rotatable bonds is 4. The Morgan fingerprint density at radius 1 is 1.15 bits per heavy atom. The zero-order valence-electron chi connectivity index (χ0n) is 13.9. The summed E-state index contributed by atoms with van der Waals surface area (Å²) in [6.45, 7) is 1.87. The molecule has 1 aromatic heterocycles. The fourth-order valence-corrected chi connectivity index (χ4v) is 3.25. The van der Waals surface area contributed by atoms with Gasteiger partial charge >= 0.3 is 0 Å². The van der Waals surface area contributed by atoms with Crippen LogP contribution < -0.4 is 0 Å². The Labute approximate surface area is 153 Å². The molecule has 1 heterocycles. The van der Waals surface area contributed by atoms with Gasteiger partial charge in [-0.25, -0.2) is 8.60 Å². The number of benzene rings is 2. The first-order chi connectivity index (χ1) is 12.5. The van der Waals surface area contributed by atoms with Crippen molar-refractivity contribution in [1.29, 1.82) is 5.26 Å². The van der Waals surface area contributed by atoms with E-state index < -0.39 is 16.9 Å². The van der Waals surface area contributed by atoms with Gasteiger partial charge in [-0.15, -0.1) is 0 Å². The fourth-order valence-electron chi connectivity index (χ4n) is 2.75. The SMILES string of the molecule is Cc1ccc(-c2ccncc2-c2ccc(CS(=O)O)c(F)c2)cc1C#N. The Bertz CT molecular complexity index is 1040. The quantitative estimate of drug-likeness (QED) is 0.692. The van der Waals surface area contributed by atoms with Crippen molar-refractivity contribution in [3.63, 3.8) is 0 Å². The van der Waals surface area contributed by atoms with Gasteiger partial charge in [-0.1, -0.05) is 24.3 Å². The Morgan fingerprint density at radius 2 is 1.88 bits per heavy atom. The number of nitrogens with zero attached hydrogens (tertiary/aromatic N) is 2. The van der Waals surface area contributed by atoms with Crippen LogP contribution in [-0.4, -0.2) is 13.7 Å². The molecule has 6 heteroatoms. The average molecular weight is 366 g/mol. The minimum atomic E-state index is -2.10. The molecule has 0 saturated heterocycles. The van der Waals surface area contributed by atoms with Crippen LogP contribution in [-0.2, 0) is 16.8 Å². The lowest BCUT2D eigenvalue weighted by Crippen LogP contribution is -1.97. The largest absolute Gasteiger partial charge is 0.306 e. The number of hydrogen-bond acceptors (Lipinski definition) is 3. The molecule has 0 aliphatic carbocycles. The molecule has 26 heavy (non-hydrogen) atoms. The van der Waals surface area contributed by atoms with Crippen molar-refractivity contribution in [3.8, 4) is 28.3 Å². The maximum atomic E-state index is 14.3. The van der Waals surface area contributed by atoms with E-state index in [-0.39, 0.29) is 11.3 Å². The second-order valence-electron chi connectivity index (χ2n) is 5.83. The highest BCUT2D eigenvalue weighted by Gasteiger charge is 2.12. The normalized spacial score (nSPS) is 11.8. The third-order valence-electron chi connectivity index (χ3n) is 4.13. The number of hydrogen-bond donors (Lipinski definition) is 1. The van der Waals surface area contributed by atoms with E-state index in [1.54, 1.807) is 24.5 Å². The van der Waals surface area contributed by atoms with Crippen molar-refractivity contribution in [2.75, 3.05) is 0 Å². The van der Waals surface area contributed by atoms with Crippen LogP contribution in [0.2, 0.25) is 0 Å². The first-order valence-corrected chi connectivity index (χ1v) is 9.08. The molecule has 130 valence electrons. The molecular formula is C20H15FN2O2S. The van der Waals surface area contributed by atoms with E-state index in [9.17, 15) is 13.9 Å². The van der Waals surface area contributed by atoms with E-state index in [1.165, 1.54) is 12.1 Å². The van der Waals surface area contributed by atoms with Gasteiger partial charge in [0.25, 0.3) is 0 Å². The zero-order valence-corrected chi connectivity index (χ0v) is 14.8. The van der Waals surface area contributed by atoms with Crippen molar-refractivity contribution in [1.82, 2.24) is 4.98 Å². The molecule has 0 radical (unpaired) electrons. The van der Waals surface area contributed by atoms with Crippen LogP contribution >= 0.6 is 0 Å². The number of aryl methyl sites for hydroxylation is 1. The summed E-state index contributed by atoms with van der Waals surface area (Å²) in [5.41, 5.74) is 4.64. The van der Waals surface area contributed by atoms with E-state index >= 15 is 0 Å². The smallest absolute Gasteiger partial charge is 0.157 e. The Morgan fingerprint density at radius 3 is 2.58 bits per heavy atom. The van der Waals surface area contributed by atoms with Gasteiger partial charge in [0, 0.05) is 23.5 Å². The topological polar surface area (TPSA) is 74.0 Å². The third-order valence-corrected chi connectivity index (χ3v) is 4.69. The van der Waals surface area contributed by atoms with Crippen LogP contribution in [0, 0.1) is 24.1 Å². The molecule has 0 bridgehead atoms. The molecule has 1 unspecified atom stereocenters. The maximum Gasteiger partial charge on any atom is 0.157 e. The van der Waals surface area contributed by atoms with Crippen molar-refractivity contribution < 1.29 is 13.2 Å². The highest BCUT2D eigenvalue weighted by molar-refractivity contribution is 7.78. The van der Waals surface area contributed by atoms with Crippen LogP contribution in [0.5, 0.6) is 0 Å². The molecule has 2 aromatic carbocycles. The number of halogens is 1. The first kappa shape index (κ1) is 17.9. The Hall–Kier alpha value is -2.88. The highest BCUT2D eigenvalue weighted by Crippen LogP contribution is 2.33. The zero-order chi connectivity index (χ0) is 18.7. The molecule has 3 rings (SSSR count). The van der Waals surface area contributed by atoms with Crippen LogP contribution in [0.4, 0.5) is 4.39 Å². The number of nitriles is 1. The Balaban J connectivity index is 2.10. The summed E-state index contributed by atoms with van der Waals surface area (Å²) in [6, 6.07) is 14.1. The van der Waals surface area contributed by atoms with Crippen molar-refractivity contribution in [3.05, 3.63) is 77.4 Å². The second kappa shape index (κ2) is 7.56. The minimum Gasteiger partial charge on any atom is -0.306 e. The standard InChI is InChI=1S/C20H15FN2O2S/c1-13-2-3-14(8-17(13)10-22)18-6-7-23-11-19(18)15-4-5-16(12-26(24)25)20(21)9-15/h2-9,11H,12H2,1H3,(H,24,25). The number of aromatic nitrogens is 1. The molecule has 0 aliphatic rings. The average Bonchev–Trinajstić information content (AvgIpc) is 2.63. The monoisotopic (exact) mass is 366 g/mol. The van der Waals surface area contributed by atoms with Gasteiger partial charge in [0.1, 0.15) is 5.82 Å². The van der Waals surface area contributed by atoms with Gasteiger partial charge in [-0.2, -0.15) is 5.26 Å². The predicted octanol–water partition coefficient (Wildman–Crippen LogP) is 4.46. The van der Waals surface area contributed by atoms with Crippen molar-refractivity contribution in [2.45, 2.75) is 12.7 Å².